The molecule has 1 heterocycles. The van der Waals surface area contributed by atoms with E-state index in [0.717, 1.165) is 16.6 Å². The molecule has 4 nitrogen and oxygen atoms in total. The highest BCUT2D eigenvalue weighted by molar-refractivity contribution is 5.83. The molecule has 0 aliphatic rings. The Morgan fingerprint density at radius 2 is 1.77 bits per heavy atom. The first-order valence-electron chi connectivity index (χ1n) is 6.99. The van der Waals surface area contributed by atoms with E-state index in [9.17, 15) is 4.79 Å². The zero-order valence-corrected chi connectivity index (χ0v) is 12.8. The van der Waals surface area contributed by atoms with Crippen LogP contribution in [0.15, 0.2) is 47.3 Å². The van der Waals surface area contributed by atoms with Gasteiger partial charge in [0.05, 0.1) is 19.9 Å². The summed E-state index contributed by atoms with van der Waals surface area (Å²) in [5, 5.41) is 0.671. The summed E-state index contributed by atoms with van der Waals surface area (Å²) in [5.74, 6) is 1.26. The summed E-state index contributed by atoms with van der Waals surface area (Å²) in [6, 6.07) is 12.9. The molecule has 0 aliphatic carbocycles. The van der Waals surface area contributed by atoms with Gasteiger partial charge in [0.2, 0.25) is 0 Å². The number of benzene rings is 2. The summed E-state index contributed by atoms with van der Waals surface area (Å²) in [6.07, 6.45) is 0. The maximum atomic E-state index is 12.3. The zero-order valence-electron chi connectivity index (χ0n) is 12.8. The monoisotopic (exact) mass is 295 g/mol. The van der Waals surface area contributed by atoms with Crippen molar-refractivity contribution in [3.63, 3.8) is 0 Å². The van der Waals surface area contributed by atoms with Crippen molar-refractivity contribution >= 4 is 10.9 Å². The predicted octanol–water partition coefficient (Wildman–Crippen LogP) is 3.52. The standard InChI is InChI=1S/C18H17NO3/c1-11-8-13(18(22-3)17(9-11)21-2)15-10-16(20)12-6-4-5-7-14(12)19-15/h4-10H,1-3H3,(H,19,20). The SMILES string of the molecule is COc1cc(C)cc(-c2cc(=O)c3ccccc3[nH]2)c1OC. The van der Waals surface area contributed by atoms with Crippen LogP contribution in [-0.2, 0) is 0 Å². The number of pyridine rings is 1. The van der Waals surface area contributed by atoms with Crippen LogP contribution in [0.5, 0.6) is 11.5 Å². The molecule has 0 fully saturated rings. The second-order valence-corrected chi connectivity index (χ2v) is 5.14. The summed E-state index contributed by atoms with van der Waals surface area (Å²) in [6.45, 7) is 1.98. The number of para-hydroxylation sites is 1. The minimum atomic E-state index is -0.0214. The Balaban J connectivity index is 2.32. The number of hydrogen-bond donors (Lipinski definition) is 1. The second-order valence-electron chi connectivity index (χ2n) is 5.14. The smallest absolute Gasteiger partial charge is 0.190 e. The Morgan fingerprint density at radius 3 is 2.50 bits per heavy atom. The van der Waals surface area contributed by atoms with Crippen molar-refractivity contribution in [1.82, 2.24) is 4.98 Å². The average Bonchev–Trinajstić information content (AvgIpc) is 2.54. The van der Waals surface area contributed by atoms with Crippen LogP contribution in [-0.4, -0.2) is 19.2 Å². The first-order chi connectivity index (χ1) is 10.6. The molecule has 2 aromatic carbocycles. The number of aryl methyl sites for hydroxylation is 1. The van der Waals surface area contributed by atoms with Crippen molar-refractivity contribution in [2.75, 3.05) is 14.2 Å². The van der Waals surface area contributed by atoms with Crippen LogP contribution in [0.1, 0.15) is 5.56 Å². The van der Waals surface area contributed by atoms with E-state index in [2.05, 4.69) is 4.98 Å². The third-order valence-corrected chi connectivity index (χ3v) is 3.65. The lowest BCUT2D eigenvalue weighted by molar-refractivity contribution is 0.356. The minimum Gasteiger partial charge on any atom is -0.493 e. The fourth-order valence-corrected chi connectivity index (χ4v) is 2.64. The van der Waals surface area contributed by atoms with Crippen LogP contribution in [0, 0.1) is 6.92 Å². The number of methoxy groups -OCH3 is 2. The first-order valence-corrected chi connectivity index (χ1v) is 6.99. The number of aromatic nitrogens is 1. The van der Waals surface area contributed by atoms with Gasteiger partial charge in [-0.3, -0.25) is 4.79 Å². The van der Waals surface area contributed by atoms with Gasteiger partial charge in [-0.25, -0.2) is 0 Å². The van der Waals surface area contributed by atoms with Gasteiger partial charge in [0, 0.05) is 22.5 Å². The summed E-state index contributed by atoms with van der Waals surface area (Å²) in [7, 11) is 3.19. The molecule has 0 bridgehead atoms. The minimum absolute atomic E-state index is 0.0214. The molecule has 0 radical (unpaired) electrons. The van der Waals surface area contributed by atoms with E-state index in [0.29, 0.717) is 22.6 Å². The van der Waals surface area contributed by atoms with Gasteiger partial charge >= 0.3 is 0 Å². The molecular formula is C18H17NO3. The van der Waals surface area contributed by atoms with Gasteiger partial charge in [-0.1, -0.05) is 12.1 Å². The van der Waals surface area contributed by atoms with Crippen molar-refractivity contribution < 1.29 is 9.47 Å². The van der Waals surface area contributed by atoms with E-state index in [1.807, 2.05) is 43.3 Å². The van der Waals surface area contributed by atoms with E-state index in [-0.39, 0.29) is 5.43 Å². The summed E-state index contributed by atoms with van der Waals surface area (Å²) < 4.78 is 10.9. The van der Waals surface area contributed by atoms with Crippen LogP contribution >= 0.6 is 0 Å². The van der Waals surface area contributed by atoms with Crippen LogP contribution in [0.2, 0.25) is 0 Å². The molecule has 112 valence electrons. The lowest BCUT2D eigenvalue weighted by atomic mass is 10.0. The third-order valence-electron chi connectivity index (χ3n) is 3.65. The fraction of sp³-hybridized carbons (Fsp3) is 0.167. The van der Waals surface area contributed by atoms with Gasteiger partial charge < -0.3 is 14.5 Å². The molecule has 0 saturated carbocycles. The lowest BCUT2D eigenvalue weighted by Crippen LogP contribution is -2.04. The van der Waals surface area contributed by atoms with Crippen LogP contribution < -0.4 is 14.9 Å². The van der Waals surface area contributed by atoms with Crippen molar-refractivity contribution in [2.24, 2.45) is 0 Å². The third kappa shape index (κ3) is 2.33. The van der Waals surface area contributed by atoms with Crippen molar-refractivity contribution in [2.45, 2.75) is 6.92 Å². The number of fused-ring (bicyclic) bond motifs is 1. The van der Waals surface area contributed by atoms with Gasteiger partial charge in [0.15, 0.2) is 16.9 Å². The van der Waals surface area contributed by atoms with E-state index < -0.39 is 0 Å². The van der Waals surface area contributed by atoms with Crippen LogP contribution in [0.3, 0.4) is 0 Å². The normalized spacial score (nSPS) is 10.7. The highest BCUT2D eigenvalue weighted by Crippen LogP contribution is 2.38. The molecule has 0 aliphatic heterocycles. The van der Waals surface area contributed by atoms with E-state index in [1.54, 1.807) is 20.3 Å². The van der Waals surface area contributed by atoms with Crippen molar-refractivity contribution in [3.8, 4) is 22.8 Å². The molecule has 0 amide bonds. The Labute approximate surface area is 128 Å². The highest BCUT2D eigenvalue weighted by Gasteiger charge is 2.14. The molecule has 3 rings (SSSR count). The molecule has 0 spiro atoms. The van der Waals surface area contributed by atoms with Gasteiger partial charge in [-0.2, -0.15) is 0 Å². The molecule has 1 aromatic heterocycles. The average molecular weight is 295 g/mol. The molecular weight excluding hydrogens is 278 g/mol. The lowest BCUT2D eigenvalue weighted by Gasteiger charge is -2.14. The predicted molar refractivity (Wildman–Crippen MR) is 87.8 cm³/mol. The Morgan fingerprint density at radius 1 is 1.00 bits per heavy atom. The number of aromatic amines is 1. The maximum absolute atomic E-state index is 12.3. The molecule has 22 heavy (non-hydrogen) atoms. The number of rotatable bonds is 3. The largest absolute Gasteiger partial charge is 0.493 e. The van der Waals surface area contributed by atoms with Gasteiger partial charge in [0.25, 0.3) is 0 Å². The highest BCUT2D eigenvalue weighted by atomic mass is 16.5. The Hall–Kier alpha value is -2.75. The molecule has 0 atom stereocenters. The summed E-state index contributed by atoms with van der Waals surface area (Å²) in [5.41, 5.74) is 3.32. The van der Waals surface area contributed by atoms with Crippen molar-refractivity contribution in [1.29, 1.82) is 0 Å². The van der Waals surface area contributed by atoms with E-state index in [1.165, 1.54) is 0 Å². The Bertz CT molecular complexity index is 896. The second kappa shape index (κ2) is 5.56. The van der Waals surface area contributed by atoms with Gasteiger partial charge in [-0.05, 0) is 36.8 Å². The zero-order chi connectivity index (χ0) is 15.7. The van der Waals surface area contributed by atoms with Crippen LogP contribution in [0.4, 0.5) is 0 Å². The number of ether oxygens (including phenoxy) is 2. The van der Waals surface area contributed by atoms with Gasteiger partial charge in [0.1, 0.15) is 0 Å². The van der Waals surface area contributed by atoms with E-state index in [4.69, 9.17) is 9.47 Å². The van der Waals surface area contributed by atoms with Crippen molar-refractivity contribution in [3.05, 3.63) is 58.3 Å². The summed E-state index contributed by atoms with van der Waals surface area (Å²) >= 11 is 0. The molecule has 1 N–H and O–H groups in total. The molecule has 0 unspecified atom stereocenters. The van der Waals surface area contributed by atoms with Gasteiger partial charge in [-0.15, -0.1) is 0 Å². The maximum Gasteiger partial charge on any atom is 0.190 e. The Kier molecular flexibility index (Phi) is 3.59. The molecule has 4 heteroatoms. The topological polar surface area (TPSA) is 51.3 Å². The number of hydrogen-bond acceptors (Lipinski definition) is 3. The number of nitrogens with one attached hydrogen (secondary N) is 1. The molecule has 3 aromatic rings. The summed E-state index contributed by atoms with van der Waals surface area (Å²) in [4.78, 5) is 15.6. The van der Waals surface area contributed by atoms with Crippen LogP contribution in [0.25, 0.3) is 22.2 Å². The molecule has 0 saturated heterocycles. The quantitative estimate of drug-likeness (QED) is 0.804. The van der Waals surface area contributed by atoms with E-state index >= 15 is 0 Å². The fourth-order valence-electron chi connectivity index (χ4n) is 2.64. The first kappa shape index (κ1) is 14.2. The number of H-pyrrole nitrogens is 1.